The van der Waals surface area contributed by atoms with Crippen LogP contribution in [0.5, 0.6) is 0 Å². The van der Waals surface area contributed by atoms with Crippen LogP contribution in [0.2, 0.25) is 0 Å². The molecule has 62 heavy (non-hydrogen) atoms. The number of hydrogen-bond donors (Lipinski definition) is 0. The van der Waals surface area contributed by atoms with Crippen molar-refractivity contribution in [3.05, 3.63) is 23.8 Å². The van der Waals surface area contributed by atoms with Gasteiger partial charge in [-0.3, -0.25) is 14.4 Å². The monoisotopic (exact) mass is 867 g/mol. The third kappa shape index (κ3) is 16.7. The summed E-state index contributed by atoms with van der Waals surface area (Å²) in [4.78, 5) is 38.7. The summed E-state index contributed by atoms with van der Waals surface area (Å²) in [6, 6.07) is 0. The fourth-order valence-electron chi connectivity index (χ4n) is 12.8. The van der Waals surface area contributed by atoms with E-state index in [2.05, 4.69) is 59.8 Å². The zero-order chi connectivity index (χ0) is 45.2. The van der Waals surface area contributed by atoms with E-state index in [9.17, 15) is 14.4 Å². The minimum atomic E-state index is -0.530. The van der Waals surface area contributed by atoms with Crippen molar-refractivity contribution < 1.29 is 33.1 Å². The maximum Gasteiger partial charge on any atom is 0.306 e. The Bertz CT molecular complexity index is 1410. The molecule has 0 saturated heterocycles. The van der Waals surface area contributed by atoms with E-state index < -0.39 is 12.1 Å². The summed E-state index contributed by atoms with van der Waals surface area (Å²) >= 11 is 0. The number of unbranched alkanes of at least 4 members (excludes halogenated alkanes) is 11. The van der Waals surface area contributed by atoms with Gasteiger partial charge in [-0.15, -0.1) is 0 Å². The number of ether oxygens (including phenoxy) is 3. The molecule has 7 nitrogen and oxygen atoms in total. The molecule has 0 aliphatic heterocycles. The van der Waals surface area contributed by atoms with Crippen molar-refractivity contribution in [2.45, 2.75) is 227 Å². The van der Waals surface area contributed by atoms with Crippen LogP contribution in [0.4, 0.5) is 0 Å². The van der Waals surface area contributed by atoms with Gasteiger partial charge in [-0.25, -0.2) is 0 Å². The summed E-state index contributed by atoms with van der Waals surface area (Å²) in [6.07, 6.45) is 36.3. The first-order valence-corrected chi connectivity index (χ1v) is 26.2. The number of quaternary nitrogens is 1. The molecule has 356 valence electrons. The summed E-state index contributed by atoms with van der Waals surface area (Å²) < 4.78 is 18.0. The predicted molar refractivity (Wildman–Crippen MR) is 255 cm³/mol. The normalized spacial score (nSPS) is 28.2. The highest BCUT2D eigenvalue weighted by Gasteiger charge is 2.59. The van der Waals surface area contributed by atoms with Crippen molar-refractivity contribution in [3.8, 4) is 0 Å². The van der Waals surface area contributed by atoms with Gasteiger partial charge in [0, 0.05) is 12.8 Å². The lowest BCUT2D eigenvalue weighted by atomic mass is 9.47. The number of esters is 3. The molecule has 0 aromatic heterocycles. The van der Waals surface area contributed by atoms with Crippen LogP contribution in [0.25, 0.3) is 0 Å². The van der Waals surface area contributed by atoms with Gasteiger partial charge in [0.15, 0.2) is 6.10 Å². The van der Waals surface area contributed by atoms with Crippen molar-refractivity contribution in [3.63, 3.8) is 0 Å². The molecule has 0 aromatic carbocycles. The first-order chi connectivity index (χ1) is 29.6. The second-order valence-electron chi connectivity index (χ2n) is 22.7. The summed E-state index contributed by atoms with van der Waals surface area (Å²) in [5.41, 5.74) is 2.19. The van der Waals surface area contributed by atoms with Crippen LogP contribution in [0, 0.1) is 46.3 Å². The van der Waals surface area contributed by atoms with E-state index >= 15 is 0 Å². The summed E-state index contributed by atoms with van der Waals surface area (Å²) in [5, 5.41) is 0. The van der Waals surface area contributed by atoms with Crippen LogP contribution < -0.4 is 0 Å². The van der Waals surface area contributed by atoms with Crippen LogP contribution in [0.3, 0.4) is 0 Å². The largest absolute Gasteiger partial charge is 0.462 e. The molecule has 3 saturated carbocycles. The molecule has 4 aliphatic carbocycles. The zero-order valence-electron chi connectivity index (χ0n) is 41.8. The van der Waals surface area contributed by atoms with Crippen molar-refractivity contribution in [1.29, 1.82) is 0 Å². The van der Waals surface area contributed by atoms with Crippen LogP contribution in [-0.2, 0) is 28.6 Å². The summed E-state index contributed by atoms with van der Waals surface area (Å²) in [6.45, 7) is 15.2. The first kappa shape index (κ1) is 52.5. The van der Waals surface area contributed by atoms with E-state index in [1.54, 1.807) is 0 Å². The highest BCUT2D eigenvalue weighted by atomic mass is 16.6. The van der Waals surface area contributed by atoms with E-state index in [0.717, 1.165) is 80.5 Å². The second-order valence-corrected chi connectivity index (χ2v) is 22.7. The molecule has 7 heteroatoms. The topological polar surface area (TPSA) is 78.9 Å². The molecule has 0 radical (unpaired) electrons. The van der Waals surface area contributed by atoms with Gasteiger partial charge >= 0.3 is 17.9 Å². The van der Waals surface area contributed by atoms with E-state index in [0.29, 0.717) is 22.9 Å². The van der Waals surface area contributed by atoms with Crippen molar-refractivity contribution in [2.24, 2.45) is 46.3 Å². The van der Waals surface area contributed by atoms with Gasteiger partial charge < -0.3 is 18.7 Å². The maximum absolute atomic E-state index is 13.1. The average Bonchev–Trinajstić information content (AvgIpc) is 3.57. The van der Waals surface area contributed by atoms with Crippen molar-refractivity contribution >= 4 is 17.9 Å². The number of fused-ring (bicyclic) bond motifs is 5. The van der Waals surface area contributed by atoms with Gasteiger partial charge in [0.1, 0.15) is 19.3 Å². The Morgan fingerprint density at radius 2 is 1.40 bits per heavy atom. The standard InChI is InChI=1S/C55H96NO6/c1-10-11-12-13-14-15-16-17-18-19-20-21-22-23-24-28-52(58)62-46(40-56(7,8)9)41-60-51(57)33-34-53(59)61-45-35-37-54(5)44(39-45)29-30-47-49-32-31-48(43(4)27-25-26-42(2)3)55(49,6)38-36-50(47)54/h17-18,29,42-43,45-50H,10-16,19-28,30-41H2,1-9H3/q+1/b18-17-/t43-,45+,46?,47+,48-,49+,50+,54+,55-/m1/s1. The molecule has 0 spiro atoms. The number of nitrogens with zero attached hydrogens (tertiary/aromatic N) is 1. The molecule has 0 amide bonds. The molecule has 4 rings (SSSR count). The molecule has 0 N–H and O–H groups in total. The fraction of sp³-hybridized carbons (Fsp3) is 0.873. The third-order valence-corrected chi connectivity index (χ3v) is 16.2. The molecular weight excluding hydrogens is 771 g/mol. The van der Waals surface area contributed by atoms with Crippen molar-refractivity contribution in [2.75, 3.05) is 34.3 Å². The van der Waals surface area contributed by atoms with E-state index in [1.807, 2.05) is 21.1 Å². The number of carbonyl (C=O) groups is 3. The fourth-order valence-corrected chi connectivity index (χ4v) is 12.8. The number of allylic oxidation sites excluding steroid dienone is 3. The Labute approximate surface area is 381 Å². The molecule has 4 aliphatic rings. The highest BCUT2D eigenvalue weighted by molar-refractivity contribution is 5.77. The lowest BCUT2D eigenvalue weighted by molar-refractivity contribution is -0.873. The van der Waals surface area contributed by atoms with Gasteiger partial charge in [0.25, 0.3) is 0 Å². The van der Waals surface area contributed by atoms with Gasteiger partial charge in [-0.05, 0) is 123 Å². The molecule has 0 aromatic rings. The van der Waals surface area contributed by atoms with Gasteiger partial charge in [-0.1, -0.05) is 136 Å². The molecule has 1 unspecified atom stereocenters. The number of likely N-dealkylation sites (N-methyl/N-ethyl adjacent to an activating group) is 1. The number of rotatable bonds is 29. The SMILES string of the molecule is CCCCCCCC/C=C\CCCCCCCC(=O)OC(COC(=O)CCC(=O)O[C@H]1CC[C@@]2(C)C(=CC[C@H]3[C@@H]4CC[C@H]([C@H](C)CCCC(C)C)[C@@]4(C)CC[C@@H]32)C1)C[N+](C)(C)C. The van der Waals surface area contributed by atoms with Crippen molar-refractivity contribution in [1.82, 2.24) is 0 Å². The Hall–Kier alpha value is -2.15. The number of carbonyl (C=O) groups excluding carboxylic acids is 3. The van der Waals surface area contributed by atoms with Crippen LogP contribution in [-0.4, -0.2) is 68.9 Å². The predicted octanol–water partition coefficient (Wildman–Crippen LogP) is 13.9. The smallest absolute Gasteiger partial charge is 0.306 e. The molecule has 9 atom stereocenters. The maximum atomic E-state index is 13.1. The third-order valence-electron chi connectivity index (χ3n) is 16.2. The molecule has 0 heterocycles. The zero-order valence-corrected chi connectivity index (χ0v) is 41.8. The Kier molecular flexibility index (Phi) is 22.1. The van der Waals surface area contributed by atoms with Gasteiger partial charge in [0.2, 0.25) is 0 Å². The van der Waals surface area contributed by atoms with E-state index in [4.69, 9.17) is 14.2 Å². The van der Waals surface area contributed by atoms with E-state index in [1.165, 1.54) is 115 Å². The summed E-state index contributed by atoms with van der Waals surface area (Å²) in [7, 11) is 6.10. The lowest BCUT2D eigenvalue weighted by Gasteiger charge is -2.58. The Balaban J connectivity index is 1.12. The highest BCUT2D eigenvalue weighted by Crippen LogP contribution is 2.67. The van der Waals surface area contributed by atoms with Crippen LogP contribution >= 0.6 is 0 Å². The number of hydrogen-bond acceptors (Lipinski definition) is 6. The Morgan fingerprint density at radius 1 is 0.742 bits per heavy atom. The molecular formula is C55H96NO6+. The minimum Gasteiger partial charge on any atom is -0.462 e. The molecule has 3 fully saturated rings. The quantitative estimate of drug-likeness (QED) is 0.0245. The lowest BCUT2D eigenvalue weighted by Crippen LogP contribution is -2.51. The van der Waals surface area contributed by atoms with Gasteiger partial charge in [-0.2, -0.15) is 0 Å². The minimum absolute atomic E-state index is 0.00292. The van der Waals surface area contributed by atoms with Crippen LogP contribution in [0.1, 0.15) is 215 Å². The summed E-state index contributed by atoms with van der Waals surface area (Å²) in [5.74, 6) is 3.82. The molecule has 0 bridgehead atoms. The van der Waals surface area contributed by atoms with Gasteiger partial charge in [0.05, 0.1) is 34.0 Å². The van der Waals surface area contributed by atoms with E-state index in [-0.39, 0.29) is 42.9 Å². The average molecular weight is 867 g/mol. The first-order valence-electron chi connectivity index (χ1n) is 26.2. The van der Waals surface area contributed by atoms with Crippen LogP contribution in [0.15, 0.2) is 23.8 Å². The second kappa shape index (κ2) is 26.1. The Morgan fingerprint density at radius 3 is 2.08 bits per heavy atom.